The molecule has 1 saturated heterocycles. The summed E-state index contributed by atoms with van der Waals surface area (Å²) in [7, 11) is 1.64. The highest BCUT2D eigenvalue weighted by atomic mass is 16.5. The number of aliphatic imine (C=N–C) groups is 1. The summed E-state index contributed by atoms with van der Waals surface area (Å²) >= 11 is 0. The van der Waals surface area contributed by atoms with Crippen molar-refractivity contribution >= 4 is 5.96 Å². The van der Waals surface area contributed by atoms with E-state index in [0.29, 0.717) is 24.0 Å². The SMILES string of the molecule is CCNC(=NCc1ccc(Oc2ccccc2OC)cc1)NCCCOCC1CCOC1. The van der Waals surface area contributed by atoms with E-state index >= 15 is 0 Å². The van der Waals surface area contributed by atoms with Gasteiger partial charge < -0.3 is 29.6 Å². The number of nitrogens with zero attached hydrogens (tertiary/aromatic N) is 1. The number of para-hydroxylation sites is 2. The molecule has 2 aromatic rings. The third-order valence-electron chi connectivity index (χ3n) is 5.12. The highest BCUT2D eigenvalue weighted by molar-refractivity contribution is 5.79. The summed E-state index contributed by atoms with van der Waals surface area (Å²) in [5, 5.41) is 6.66. The van der Waals surface area contributed by atoms with Crippen LogP contribution in [0.3, 0.4) is 0 Å². The van der Waals surface area contributed by atoms with Crippen LogP contribution < -0.4 is 20.1 Å². The van der Waals surface area contributed by atoms with Crippen LogP contribution in [0.5, 0.6) is 17.2 Å². The fourth-order valence-electron chi connectivity index (χ4n) is 3.35. The third-order valence-corrected chi connectivity index (χ3v) is 5.12. The minimum Gasteiger partial charge on any atom is -0.493 e. The predicted octanol–water partition coefficient (Wildman–Crippen LogP) is 3.99. The first-order valence-corrected chi connectivity index (χ1v) is 11.4. The number of benzene rings is 2. The molecule has 1 atom stereocenters. The molecule has 1 aliphatic rings. The Morgan fingerprint density at radius 3 is 2.62 bits per heavy atom. The quantitative estimate of drug-likeness (QED) is 0.295. The van der Waals surface area contributed by atoms with E-state index in [-0.39, 0.29) is 0 Å². The predicted molar refractivity (Wildman–Crippen MR) is 127 cm³/mol. The summed E-state index contributed by atoms with van der Waals surface area (Å²) < 4.78 is 22.4. The second-order valence-electron chi connectivity index (χ2n) is 7.68. The van der Waals surface area contributed by atoms with Crippen LogP contribution in [0.25, 0.3) is 0 Å². The Bertz CT molecular complexity index is 820. The van der Waals surface area contributed by atoms with E-state index in [2.05, 4.69) is 22.5 Å². The number of hydrogen-bond acceptors (Lipinski definition) is 5. The van der Waals surface area contributed by atoms with Gasteiger partial charge in [-0.25, -0.2) is 4.99 Å². The molecule has 2 N–H and O–H groups in total. The van der Waals surface area contributed by atoms with Crippen LogP contribution in [0.1, 0.15) is 25.3 Å². The number of rotatable bonds is 12. The summed E-state index contributed by atoms with van der Waals surface area (Å²) in [4.78, 5) is 4.68. The molecule has 0 amide bonds. The maximum atomic E-state index is 5.93. The molecule has 1 unspecified atom stereocenters. The van der Waals surface area contributed by atoms with Gasteiger partial charge in [-0.05, 0) is 49.6 Å². The van der Waals surface area contributed by atoms with Gasteiger partial charge in [0.25, 0.3) is 0 Å². The molecule has 0 aliphatic carbocycles. The largest absolute Gasteiger partial charge is 0.493 e. The molecule has 174 valence electrons. The van der Waals surface area contributed by atoms with Gasteiger partial charge in [-0.3, -0.25) is 0 Å². The second-order valence-corrected chi connectivity index (χ2v) is 7.68. The zero-order chi connectivity index (χ0) is 22.4. The molecule has 1 fully saturated rings. The number of nitrogens with one attached hydrogen (secondary N) is 2. The highest BCUT2D eigenvalue weighted by Crippen LogP contribution is 2.30. The molecule has 1 heterocycles. The van der Waals surface area contributed by atoms with E-state index in [4.69, 9.17) is 18.9 Å². The Hall–Kier alpha value is -2.77. The van der Waals surface area contributed by atoms with Gasteiger partial charge in [-0.1, -0.05) is 24.3 Å². The van der Waals surface area contributed by atoms with Crippen molar-refractivity contribution in [3.05, 3.63) is 54.1 Å². The smallest absolute Gasteiger partial charge is 0.191 e. The first kappa shape index (κ1) is 23.9. The highest BCUT2D eigenvalue weighted by Gasteiger charge is 2.15. The number of guanidine groups is 1. The Morgan fingerprint density at radius 1 is 1.09 bits per heavy atom. The van der Waals surface area contributed by atoms with Crippen LogP contribution in [0.4, 0.5) is 0 Å². The van der Waals surface area contributed by atoms with E-state index in [1.807, 2.05) is 48.5 Å². The first-order chi connectivity index (χ1) is 15.8. The van der Waals surface area contributed by atoms with Crippen LogP contribution in [-0.4, -0.2) is 52.6 Å². The molecule has 0 radical (unpaired) electrons. The van der Waals surface area contributed by atoms with Crippen LogP contribution in [0, 0.1) is 5.92 Å². The van der Waals surface area contributed by atoms with E-state index in [1.165, 1.54) is 0 Å². The molecule has 7 heteroatoms. The zero-order valence-corrected chi connectivity index (χ0v) is 19.1. The van der Waals surface area contributed by atoms with E-state index < -0.39 is 0 Å². The summed E-state index contributed by atoms with van der Waals surface area (Å²) in [6.45, 7) is 7.53. The average molecular weight is 442 g/mol. The van der Waals surface area contributed by atoms with Crippen molar-refractivity contribution in [2.24, 2.45) is 10.9 Å². The second kappa shape index (κ2) is 13.6. The Kier molecular flexibility index (Phi) is 10.2. The van der Waals surface area contributed by atoms with Crippen LogP contribution in [-0.2, 0) is 16.0 Å². The van der Waals surface area contributed by atoms with E-state index in [9.17, 15) is 0 Å². The van der Waals surface area contributed by atoms with Gasteiger partial charge in [-0.15, -0.1) is 0 Å². The molecular weight excluding hydrogens is 406 g/mol. The number of methoxy groups -OCH3 is 1. The fraction of sp³-hybridized carbons (Fsp3) is 0.480. The van der Waals surface area contributed by atoms with Crippen LogP contribution >= 0.6 is 0 Å². The topological polar surface area (TPSA) is 73.3 Å². The lowest BCUT2D eigenvalue weighted by atomic mass is 10.1. The van der Waals surface area contributed by atoms with Crippen molar-refractivity contribution in [3.63, 3.8) is 0 Å². The maximum Gasteiger partial charge on any atom is 0.191 e. The molecule has 3 rings (SSSR count). The summed E-state index contributed by atoms with van der Waals surface area (Å²) in [5.74, 6) is 3.54. The third kappa shape index (κ3) is 8.05. The van der Waals surface area contributed by atoms with E-state index in [1.54, 1.807) is 7.11 Å². The van der Waals surface area contributed by atoms with Gasteiger partial charge in [0.1, 0.15) is 5.75 Å². The average Bonchev–Trinajstić information content (AvgIpc) is 3.34. The summed E-state index contributed by atoms with van der Waals surface area (Å²) in [6.07, 6.45) is 2.05. The monoisotopic (exact) mass is 441 g/mol. The summed E-state index contributed by atoms with van der Waals surface area (Å²) in [6, 6.07) is 15.6. The molecule has 2 aromatic carbocycles. The van der Waals surface area contributed by atoms with Crippen molar-refractivity contribution < 1.29 is 18.9 Å². The van der Waals surface area contributed by atoms with Crippen LogP contribution in [0.2, 0.25) is 0 Å². The number of hydrogen-bond donors (Lipinski definition) is 2. The lowest BCUT2D eigenvalue weighted by Gasteiger charge is -2.12. The van der Waals surface area contributed by atoms with Gasteiger partial charge in [0.15, 0.2) is 17.5 Å². The molecule has 1 aliphatic heterocycles. The van der Waals surface area contributed by atoms with Gasteiger partial charge in [0, 0.05) is 32.2 Å². The van der Waals surface area contributed by atoms with Crippen molar-refractivity contribution in [2.75, 3.05) is 46.6 Å². The standard InChI is InChI=1S/C25H35N3O4/c1-3-26-25(27-14-6-15-30-18-21-13-16-31-19-21)28-17-20-9-11-22(12-10-20)32-24-8-5-4-7-23(24)29-2/h4-5,7-12,21H,3,6,13-19H2,1-2H3,(H2,26,27,28). The van der Waals surface area contributed by atoms with Crippen molar-refractivity contribution in [2.45, 2.75) is 26.3 Å². The molecule has 0 spiro atoms. The normalized spacial score (nSPS) is 16.1. The Balaban J connectivity index is 1.41. The first-order valence-electron chi connectivity index (χ1n) is 11.4. The fourth-order valence-corrected chi connectivity index (χ4v) is 3.35. The maximum absolute atomic E-state index is 5.93. The van der Waals surface area contributed by atoms with Gasteiger partial charge in [0.05, 0.1) is 26.9 Å². The number of ether oxygens (including phenoxy) is 4. The van der Waals surface area contributed by atoms with Gasteiger partial charge >= 0.3 is 0 Å². The van der Waals surface area contributed by atoms with Crippen molar-refractivity contribution in [1.82, 2.24) is 10.6 Å². The molecule has 0 aromatic heterocycles. The lowest BCUT2D eigenvalue weighted by Crippen LogP contribution is -2.38. The van der Waals surface area contributed by atoms with Gasteiger partial charge in [0.2, 0.25) is 0 Å². The zero-order valence-electron chi connectivity index (χ0n) is 19.1. The lowest BCUT2D eigenvalue weighted by molar-refractivity contribution is 0.0888. The van der Waals surface area contributed by atoms with E-state index in [0.717, 1.165) is 69.6 Å². The molecule has 7 nitrogen and oxygen atoms in total. The molecule has 32 heavy (non-hydrogen) atoms. The molecule has 0 saturated carbocycles. The van der Waals surface area contributed by atoms with Gasteiger partial charge in [-0.2, -0.15) is 0 Å². The molecular formula is C25H35N3O4. The minimum absolute atomic E-state index is 0.563. The van der Waals surface area contributed by atoms with Crippen molar-refractivity contribution in [1.29, 1.82) is 0 Å². The van der Waals surface area contributed by atoms with Crippen LogP contribution in [0.15, 0.2) is 53.5 Å². The summed E-state index contributed by atoms with van der Waals surface area (Å²) in [5.41, 5.74) is 1.11. The molecule has 0 bridgehead atoms. The van der Waals surface area contributed by atoms with Crippen molar-refractivity contribution in [3.8, 4) is 17.2 Å². The minimum atomic E-state index is 0.563. The Labute approximate surface area is 191 Å². The Morgan fingerprint density at radius 2 is 1.91 bits per heavy atom.